The van der Waals surface area contributed by atoms with Crippen molar-refractivity contribution in [3.63, 3.8) is 0 Å². The molecule has 5 heteroatoms. The maximum absolute atomic E-state index is 11.8. The van der Waals surface area contributed by atoms with E-state index in [0.717, 1.165) is 19.3 Å². The van der Waals surface area contributed by atoms with Gasteiger partial charge in [0.1, 0.15) is 6.61 Å². The zero-order valence-corrected chi connectivity index (χ0v) is 12.6. The fraction of sp³-hybridized carbons (Fsp3) is 0.500. The van der Waals surface area contributed by atoms with Crippen molar-refractivity contribution in [2.45, 2.75) is 26.2 Å². The van der Waals surface area contributed by atoms with Crippen LogP contribution in [0.5, 0.6) is 0 Å². The second-order valence-electron chi connectivity index (χ2n) is 4.55. The van der Waals surface area contributed by atoms with Crippen LogP contribution in [0.25, 0.3) is 0 Å². The summed E-state index contributed by atoms with van der Waals surface area (Å²) in [5, 5.41) is 0. The molecule has 0 saturated heterocycles. The molecule has 0 aliphatic carbocycles. The van der Waals surface area contributed by atoms with Crippen LogP contribution in [0, 0.1) is 0 Å². The van der Waals surface area contributed by atoms with E-state index >= 15 is 0 Å². The van der Waals surface area contributed by atoms with Gasteiger partial charge in [0.25, 0.3) is 0 Å². The van der Waals surface area contributed by atoms with E-state index in [1.807, 2.05) is 0 Å². The summed E-state index contributed by atoms with van der Waals surface area (Å²) in [5.41, 5.74) is 0.682. The quantitative estimate of drug-likeness (QED) is 0.517. The molecule has 0 amide bonds. The molecule has 1 rings (SSSR count). The third-order valence-corrected chi connectivity index (χ3v) is 2.84. The molecule has 0 aliphatic rings. The van der Waals surface area contributed by atoms with Gasteiger partial charge in [-0.05, 0) is 24.6 Å². The summed E-state index contributed by atoms with van der Waals surface area (Å²) in [6.07, 6.45) is 2.94. The van der Waals surface area contributed by atoms with Gasteiger partial charge in [-0.2, -0.15) is 0 Å². The zero-order chi connectivity index (χ0) is 15.5. The number of carbonyl (C=O) groups is 2. The Morgan fingerprint density at radius 2 is 1.57 bits per heavy atom. The van der Waals surface area contributed by atoms with Crippen LogP contribution >= 0.6 is 0 Å². The van der Waals surface area contributed by atoms with Gasteiger partial charge in [0.05, 0.1) is 24.3 Å². The molecule has 1 aromatic carbocycles. The van der Waals surface area contributed by atoms with E-state index in [2.05, 4.69) is 6.92 Å². The van der Waals surface area contributed by atoms with Crippen LogP contribution in [-0.4, -0.2) is 38.9 Å². The predicted octanol–water partition coefficient (Wildman–Crippen LogP) is 2.84. The highest BCUT2D eigenvalue weighted by Crippen LogP contribution is 2.09. The normalized spacial score (nSPS) is 10.2. The molecule has 0 heterocycles. The maximum Gasteiger partial charge on any atom is 0.338 e. The highest BCUT2D eigenvalue weighted by atomic mass is 16.6. The number of ether oxygens (including phenoxy) is 3. The largest absolute Gasteiger partial charge is 0.462 e. The number of esters is 2. The van der Waals surface area contributed by atoms with Gasteiger partial charge in [0.15, 0.2) is 0 Å². The molecule has 5 nitrogen and oxygen atoms in total. The van der Waals surface area contributed by atoms with Crippen LogP contribution < -0.4 is 0 Å². The van der Waals surface area contributed by atoms with Gasteiger partial charge < -0.3 is 14.2 Å². The Kier molecular flexibility index (Phi) is 8.12. The Labute approximate surface area is 125 Å². The molecule has 0 fully saturated rings. The van der Waals surface area contributed by atoms with Crippen molar-refractivity contribution >= 4 is 11.9 Å². The topological polar surface area (TPSA) is 61.8 Å². The molecule has 0 unspecified atom stereocenters. The lowest BCUT2D eigenvalue weighted by atomic mass is 10.1. The minimum absolute atomic E-state index is 0.182. The summed E-state index contributed by atoms with van der Waals surface area (Å²) in [6, 6.07) is 6.34. The average Bonchev–Trinajstić information content (AvgIpc) is 2.51. The van der Waals surface area contributed by atoms with Crippen molar-refractivity contribution in [3.8, 4) is 0 Å². The summed E-state index contributed by atoms with van der Waals surface area (Å²) < 4.78 is 15.0. The fourth-order valence-electron chi connectivity index (χ4n) is 1.67. The van der Waals surface area contributed by atoms with E-state index in [1.165, 1.54) is 13.2 Å². The second kappa shape index (κ2) is 9.94. The summed E-state index contributed by atoms with van der Waals surface area (Å²) >= 11 is 0. The molecular formula is C16H22O5. The lowest BCUT2D eigenvalue weighted by Gasteiger charge is -2.07. The first-order valence-corrected chi connectivity index (χ1v) is 7.12. The molecule has 0 bridgehead atoms. The van der Waals surface area contributed by atoms with Crippen LogP contribution in [0.2, 0.25) is 0 Å². The van der Waals surface area contributed by atoms with Crippen molar-refractivity contribution in [1.82, 2.24) is 0 Å². The Morgan fingerprint density at radius 1 is 0.952 bits per heavy atom. The number of benzene rings is 1. The second-order valence-corrected chi connectivity index (χ2v) is 4.55. The van der Waals surface area contributed by atoms with Crippen molar-refractivity contribution in [2.75, 3.05) is 26.9 Å². The van der Waals surface area contributed by atoms with E-state index in [0.29, 0.717) is 24.3 Å². The number of rotatable bonds is 9. The molecule has 0 radical (unpaired) electrons. The summed E-state index contributed by atoms with van der Waals surface area (Å²) in [6.45, 7) is 3.00. The monoisotopic (exact) mass is 294 g/mol. The Morgan fingerprint density at radius 3 is 2.14 bits per heavy atom. The molecule has 0 N–H and O–H groups in total. The summed E-state index contributed by atoms with van der Waals surface area (Å²) in [4.78, 5) is 23.6. The standard InChI is InChI=1S/C16H22O5/c1-3-4-5-9-20-15(17)13-7-6-8-14(12-13)16(18)21-11-10-19-2/h6-8,12H,3-5,9-11H2,1-2H3. The van der Waals surface area contributed by atoms with E-state index in [4.69, 9.17) is 14.2 Å². The first-order chi connectivity index (χ1) is 10.2. The van der Waals surface area contributed by atoms with Crippen LogP contribution in [0.15, 0.2) is 24.3 Å². The Balaban J connectivity index is 2.54. The highest BCUT2D eigenvalue weighted by Gasteiger charge is 2.12. The minimum Gasteiger partial charge on any atom is -0.462 e. The lowest BCUT2D eigenvalue weighted by Crippen LogP contribution is -2.12. The maximum atomic E-state index is 11.8. The summed E-state index contributed by atoms with van der Waals surface area (Å²) in [7, 11) is 1.53. The van der Waals surface area contributed by atoms with Gasteiger partial charge in [-0.1, -0.05) is 25.8 Å². The highest BCUT2D eigenvalue weighted by molar-refractivity contribution is 5.95. The third kappa shape index (κ3) is 6.40. The third-order valence-electron chi connectivity index (χ3n) is 2.84. The van der Waals surface area contributed by atoms with Gasteiger partial charge in [-0.15, -0.1) is 0 Å². The van der Waals surface area contributed by atoms with Gasteiger partial charge in [0, 0.05) is 7.11 Å². The van der Waals surface area contributed by atoms with Crippen molar-refractivity contribution in [2.24, 2.45) is 0 Å². The minimum atomic E-state index is -0.479. The van der Waals surface area contributed by atoms with Gasteiger partial charge in [-0.25, -0.2) is 9.59 Å². The Hall–Kier alpha value is -1.88. The van der Waals surface area contributed by atoms with Gasteiger partial charge >= 0.3 is 11.9 Å². The number of hydrogen-bond donors (Lipinski definition) is 0. The molecule has 0 aromatic heterocycles. The fourth-order valence-corrected chi connectivity index (χ4v) is 1.67. The number of hydrogen-bond acceptors (Lipinski definition) is 5. The molecule has 0 aliphatic heterocycles. The van der Waals surface area contributed by atoms with Crippen molar-refractivity contribution in [1.29, 1.82) is 0 Å². The molecule has 0 spiro atoms. The summed E-state index contributed by atoms with van der Waals surface area (Å²) in [5.74, 6) is -0.898. The van der Waals surface area contributed by atoms with E-state index in [9.17, 15) is 9.59 Å². The van der Waals surface area contributed by atoms with Crippen LogP contribution in [0.4, 0.5) is 0 Å². The van der Waals surface area contributed by atoms with Crippen molar-refractivity contribution < 1.29 is 23.8 Å². The van der Waals surface area contributed by atoms with E-state index in [1.54, 1.807) is 18.2 Å². The van der Waals surface area contributed by atoms with Crippen LogP contribution in [-0.2, 0) is 14.2 Å². The zero-order valence-electron chi connectivity index (χ0n) is 12.6. The van der Waals surface area contributed by atoms with Crippen LogP contribution in [0.3, 0.4) is 0 Å². The molecule has 0 atom stereocenters. The average molecular weight is 294 g/mol. The number of carbonyl (C=O) groups excluding carboxylic acids is 2. The molecule has 1 aromatic rings. The van der Waals surface area contributed by atoms with Crippen LogP contribution in [0.1, 0.15) is 46.9 Å². The lowest BCUT2D eigenvalue weighted by molar-refractivity contribution is 0.0388. The SMILES string of the molecule is CCCCCOC(=O)c1cccc(C(=O)OCCOC)c1. The molecular weight excluding hydrogens is 272 g/mol. The first kappa shape index (κ1) is 17.2. The molecule has 0 saturated carbocycles. The predicted molar refractivity (Wildman–Crippen MR) is 78.4 cm³/mol. The van der Waals surface area contributed by atoms with E-state index < -0.39 is 11.9 Å². The first-order valence-electron chi connectivity index (χ1n) is 7.12. The number of methoxy groups -OCH3 is 1. The molecule has 116 valence electrons. The number of unbranched alkanes of at least 4 members (excludes halogenated alkanes) is 2. The van der Waals surface area contributed by atoms with Gasteiger partial charge in [-0.3, -0.25) is 0 Å². The van der Waals surface area contributed by atoms with Crippen molar-refractivity contribution in [3.05, 3.63) is 35.4 Å². The van der Waals surface area contributed by atoms with E-state index in [-0.39, 0.29) is 6.61 Å². The molecule has 21 heavy (non-hydrogen) atoms. The Bertz CT molecular complexity index is 456. The smallest absolute Gasteiger partial charge is 0.338 e. The van der Waals surface area contributed by atoms with Gasteiger partial charge in [0.2, 0.25) is 0 Å².